The second-order valence-electron chi connectivity index (χ2n) is 8.02. The summed E-state index contributed by atoms with van der Waals surface area (Å²) in [6.45, 7) is 5.49. The standard InChI is InChI=1S/C11H10N2O3.C10H20N2/c14-7-8-2-1-3-9(6-8)13-5-4-10(15)12-11(13)16;1-12-8-4-10(5-9-12)2-6-11-7-3-10/h1-3,6-7H,4-5H2,(H,12,15,16);11H,2-9H2,1H3. The molecule has 3 heterocycles. The van der Waals surface area contributed by atoms with Crippen molar-refractivity contribution in [3.8, 4) is 0 Å². The van der Waals surface area contributed by atoms with Gasteiger partial charge in [0, 0.05) is 24.2 Å². The molecule has 0 saturated carbocycles. The summed E-state index contributed by atoms with van der Waals surface area (Å²) in [5.41, 5.74) is 1.86. The molecule has 0 unspecified atom stereocenters. The van der Waals surface area contributed by atoms with Crippen LogP contribution in [0.2, 0.25) is 0 Å². The number of urea groups is 1. The molecule has 4 rings (SSSR count). The van der Waals surface area contributed by atoms with Crippen LogP contribution in [0.25, 0.3) is 0 Å². The minimum Gasteiger partial charge on any atom is -0.317 e. The van der Waals surface area contributed by atoms with Crippen LogP contribution in [-0.4, -0.2) is 62.9 Å². The number of carbonyl (C=O) groups excluding carboxylic acids is 3. The van der Waals surface area contributed by atoms with E-state index in [1.165, 1.54) is 56.8 Å². The molecule has 3 amide bonds. The Morgan fingerprint density at radius 3 is 2.39 bits per heavy atom. The minimum atomic E-state index is -0.445. The monoisotopic (exact) mass is 386 g/mol. The molecule has 3 saturated heterocycles. The number of likely N-dealkylation sites (tertiary alicyclic amines) is 1. The Bertz CT molecular complexity index is 705. The van der Waals surface area contributed by atoms with Crippen LogP contribution in [0.3, 0.4) is 0 Å². The largest absolute Gasteiger partial charge is 0.328 e. The van der Waals surface area contributed by atoms with Crippen molar-refractivity contribution in [3.05, 3.63) is 29.8 Å². The number of hydrogen-bond acceptors (Lipinski definition) is 5. The van der Waals surface area contributed by atoms with Crippen molar-refractivity contribution in [2.24, 2.45) is 5.41 Å². The van der Waals surface area contributed by atoms with E-state index in [0.717, 1.165) is 11.7 Å². The molecule has 0 aromatic heterocycles. The van der Waals surface area contributed by atoms with Gasteiger partial charge in [-0.3, -0.25) is 19.8 Å². The van der Waals surface area contributed by atoms with E-state index < -0.39 is 6.03 Å². The van der Waals surface area contributed by atoms with Gasteiger partial charge in [0.05, 0.1) is 0 Å². The molecule has 1 spiro atoms. The fraction of sp³-hybridized carbons (Fsp3) is 0.571. The van der Waals surface area contributed by atoms with Gasteiger partial charge in [0.25, 0.3) is 0 Å². The summed E-state index contributed by atoms with van der Waals surface area (Å²) in [4.78, 5) is 37.0. The van der Waals surface area contributed by atoms with E-state index in [0.29, 0.717) is 17.8 Å². The SMILES string of the molecule is CN1CCC2(CCNCC2)CC1.O=Cc1cccc(N2CCC(=O)NC2=O)c1. The van der Waals surface area contributed by atoms with Gasteiger partial charge in [0.1, 0.15) is 6.29 Å². The molecule has 3 fully saturated rings. The van der Waals surface area contributed by atoms with Gasteiger partial charge in [-0.2, -0.15) is 0 Å². The Hall–Kier alpha value is -2.25. The number of piperidine rings is 2. The Balaban J connectivity index is 0.000000167. The van der Waals surface area contributed by atoms with Crippen LogP contribution in [0, 0.1) is 5.41 Å². The van der Waals surface area contributed by atoms with E-state index in [1.54, 1.807) is 24.3 Å². The highest BCUT2D eigenvalue weighted by Crippen LogP contribution is 2.38. The molecule has 3 aliphatic rings. The van der Waals surface area contributed by atoms with Crippen LogP contribution in [0.5, 0.6) is 0 Å². The lowest BCUT2D eigenvalue weighted by Gasteiger charge is -2.43. The molecule has 28 heavy (non-hydrogen) atoms. The predicted octanol–water partition coefficient (Wildman–Crippen LogP) is 2.03. The van der Waals surface area contributed by atoms with Crippen LogP contribution in [0.15, 0.2) is 24.3 Å². The van der Waals surface area contributed by atoms with Crippen molar-refractivity contribution in [1.29, 1.82) is 0 Å². The number of hydrogen-bond donors (Lipinski definition) is 2. The van der Waals surface area contributed by atoms with Crippen molar-refractivity contribution < 1.29 is 14.4 Å². The van der Waals surface area contributed by atoms with Crippen LogP contribution < -0.4 is 15.5 Å². The van der Waals surface area contributed by atoms with Crippen LogP contribution >= 0.6 is 0 Å². The molecule has 0 bridgehead atoms. The predicted molar refractivity (Wildman–Crippen MR) is 109 cm³/mol. The van der Waals surface area contributed by atoms with E-state index in [1.807, 2.05) is 0 Å². The number of aldehydes is 1. The average molecular weight is 386 g/mol. The average Bonchev–Trinajstić information content (AvgIpc) is 2.72. The first-order valence-corrected chi connectivity index (χ1v) is 10.1. The highest BCUT2D eigenvalue weighted by molar-refractivity contribution is 6.05. The van der Waals surface area contributed by atoms with Crippen molar-refractivity contribution in [1.82, 2.24) is 15.5 Å². The first kappa shape index (κ1) is 20.5. The van der Waals surface area contributed by atoms with Crippen molar-refractivity contribution in [2.75, 3.05) is 44.7 Å². The molecule has 0 atom stereocenters. The summed E-state index contributed by atoms with van der Waals surface area (Å²) in [5, 5.41) is 5.68. The first-order chi connectivity index (χ1) is 13.5. The third-order valence-electron chi connectivity index (χ3n) is 6.08. The summed E-state index contributed by atoms with van der Waals surface area (Å²) in [6, 6.07) is 6.25. The quantitative estimate of drug-likeness (QED) is 0.760. The number of nitrogens with one attached hydrogen (secondary N) is 2. The smallest absolute Gasteiger partial charge is 0.317 e. The van der Waals surface area contributed by atoms with Gasteiger partial charge >= 0.3 is 6.03 Å². The Labute approximate surface area is 166 Å². The van der Waals surface area contributed by atoms with Crippen molar-refractivity contribution in [3.63, 3.8) is 0 Å². The van der Waals surface area contributed by atoms with E-state index in [4.69, 9.17) is 0 Å². The van der Waals surface area contributed by atoms with Crippen molar-refractivity contribution >= 4 is 23.9 Å². The highest BCUT2D eigenvalue weighted by atomic mass is 16.2. The summed E-state index contributed by atoms with van der Waals surface area (Å²) < 4.78 is 0. The maximum atomic E-state index is 11.5. The Morgan fingerprint density at radius 1 is 1.04 bits per heavy atom. The first-order valence-electron chi connectivity index (χ1n) is 10.1. The molecule has 0 aliphatic carbocycles. The second-order valence-corrected chi connectivity index (χ2v) is 8.02. The lowest BCUT2D eigenvalue weighted by Crippen LogP contribution is -2.49. The number of rotatable bonds is 2. The molecule has 1 aromatic carbocycles. The van der Waals surface area contributed by atoms with Gasteiger partial charge < -0.3 is 10.2 Å². The normalized spacial score (nSPS) is 22.2. The fourth-order valence-corrected chi connectivity index (χ4v) is 4.13. The second kappa shape index (κ2) is 9.30. The summed E-state index contributed by atoms with van der Waals surface area (Å²) in [6.07, 6.45) is 6.70. The number of anilines is 1. The summed E-state index contributed by atoms with van der Waals surface area (Å²) in [7, 11) is 2.24. The summed E-state index contributed by atoms with van der Waals surface area (Å²) >= 11 is 0. The Kier molecular flexibility index (Phi) is 6.80. The van der Waals surface area contributed by atoms with Gasteiger partial charge in [0.15, 0.2) is 0 Å². The zero-order chi connectivity index (χ0) is 20.0. The minimum absolute atomic E-state index is 0.271. The van der Waals surface area contributed by atoms with Crippen LogP contribution in [0.1, 0.15) is 42.5 Å². The topological polar surface area (TPSA) is 81.8 Å². The molecule has 3 aliphatic heterocycles. The highest BCUT2D eigenvalue weighted by Gasteiger charge is 2.34. The summed E-state index contributed by atoms with van der Waals surface area (Å²) in [5.74, 6) is -0.271. The zero-order valence-corrected chi connectivity index (χ0v) is 16.6. The molecule has 1 aromatic rings. The number of carbonyl (C=O) groups is 3. The van der Waals surface area contributed by atoms with Crippen molar-refractivity contribution in [2.45, 2.75) is 32.1 Å². The maximum absolute atomic E-state index is 11.5. The molecule has 7 nitrogen and oxygen atoms in total. The number of benzene rings is 1. The number of imide groups is 1. The number of amides is 3. The lowest BCUT2D eigenvalue weighted by molar-refractivity contribution is -0.120. The number of nitrogens with zero attached hydrogens (tertiary/aromatic N) is 2. The third-order valence-corrected chi connectivity index (χ3v) is 6.08. The molecule has 7 heteroatoms. The molecular formula is C21H30N4O3. The van der Waals surface area contributed by atoms with E-state index in [9.17, 15) is 14.4 Å². The Morgan fingerprint density at radius 2 is 1.75 bits per heavy atom. The zero-order valence-electron chi connectivity index (χ0n) is 16.6. The molecule has 152 valence electrons. The van der Waals surface area contributed by atoms with Gasteiger partial charge in [-0.05, 0) is 76.5 Å². The van der Waals surface area contributed by atoms with Crippen LogP contribution in [-0.2, 0) is 4.79 Å². The van der Waals surface area contributed by atoms with Crippen LogP contribution in [0.4, 0.5) is 10.5 Å². The van der Waals surface area contributed by atoms with Gasteiger partial charge in [-0.1, -0.05) is 12.1 Å². The third kappa shape index (κ3) is 5.17. The van der Waals surface area contributed by atoms with Gasteiger partial charge in [-0.15, -0.1) is 0 Å². The van der Waals surface area contributed by atoms with E-state index in [-0.39, 0.29) is 12.3 Å². The van der Waals surface area contributed by atoms with Gasteiger partial charge in [-0.25, -0.2) is 4.79 Å². The lowest BCUT2D eigenvalue weighted by atomic mass is 9.72. The van der Waals surface area contributed by atoms with Gasteiger partial charge in [0.2, 0.25) is 5.91 Å². The van der Waals surface area contributed by atoms with E-state index in [2.05, 4.69) is 22.6 Å². The molecule has 2 N–H and O–H groups in total. The maximum Gasteiger partial charge on any atom is 0.328 e. The van der Waals surface area contributed by atoms with E-state index >= 15 is 0 Å². The fourth-order valence-electron chi connectivity index (χ4n) is 4.13. The molecular weight excluding hydrogens is 356 g/mol. The molecule has 0 radical (unpaired) electrons.